The number of carbonyl (C=O) groups is 1. The summed E-state index contributed by atoms with van der Waals surface area (Å²) in [6, 6.07) is 12.8. The fourth-order valence-corrected chi connectivity index (χ4v) is 3.86. The van der Waals surface area contributed by atoms with Gasteiger partial charge in [-0.05, 0) is 23.8 Å². The molecule has 4 rings (SSSR count). The molecule has 0 spiro atoms. The number of hydrogen-bond acceptors (Lipinski definition) is 3. The predicted octanol–water partition coefficient (Wildman–Crippen LogP) is 3.87. The number of nitrogens with zero attached hydrogens (tertiary/aromatic N) is 3. The van der Waals surface area contributed by atoms with Gasteiger partial charge < -0.3 is 4.90 Å². The van der Waals surface area contributed by atoms with Crippen LogP contribution in [0.3, 0.4) is 0 Å². The van der Waals surface area contributed by atoms with Gasteiger partial charge in [-0.1, -0.05) is 24.3 Å². The highest BCUT2D eigenvalue weighted by atomic mass is 32.2. The average molecular weight is 353 g/mol. The molecule has 25 heavy (non-hydrogen) atoms. The molecule has 4 nitrogen and oxygen atoms in total. The Labute approximate surface area is 149 Å². The molecular formula is C19H16FN3OS. The zero-order valence-corrected chi connectivity index (χ0v) is 14.5. The number of benzene rings is 2. The van der Waals surface area contributed by atoms with E-state index in [0.29, 0.717) is 11.3 Å². The summed E-state index contributed by atoms with van der Waals surface area (Å²) in [6.45, 7) is 0.232. The third kappa shape index (κ3) is 3.05. The van der Waals surface area contributed by atoms with Crippen molar-refractivity contribution in [2.45, 2.75) is 11.4 Å². The first kappa shape index (κ1) is 15.9. The Hall–Kier alpha value is -2.60. The molecular weight excluding hydrogens is 337 g/mol. The SMILES string of the molecule is Cn1cc(-c2ccc(CN3C(=O)CSc4ccccc43)c(F)c2)cn1. The highest BCUT2D eigenvalue weighted by Gasteiger charge is 2.25. The minimum absolute atomic E-state index is 0.000522. The van der Waals surface area contributed by atoms with Crippen molar-refractivity contribution in [3.05, 3.63) is 66.2 Å². The molecule has 6 heteroatoms. The molecule has 0 fully saturated rings. The fourth-order valence-electron chi connectivity index (χ4n) is 2.92. The molecule has 1 aliphatic rings. The van der Waals surface area contributed by atoms with Crippen LogP contribution in [0.1, 0.15) is 5.56 Å². The van der Waals surface area contributed by atoms with Crippen molar-refractivity contribution < 1.29 is 9.18 Å². The Kier molecular flexibility index (Phi) is 4.05. The number of fused-ring (bicyclic) bond motifs is 1. The van der Waals surface area contributed by atoms with E-state index >= 15 is 0 Å². The average Bonchev–Trinajstić information content (AvgIpc) is 3.05. The lowest BCUT2D eigenvalue weighted by Crippen LogP contribution is -2.35. The third-order valence-electron chi connectivity index (χ3n) is 4.23. The van der Waals surface area contributed by atoms with Gasteiger partial charge in [0.25, 0.3) is 0 Å². The van der Waals surface area contributed by atoms with Crippen molar-refractivity contribution in [3.8, 4) is 11.1 Å². The number of carbonyl (C=O) groups excluding carboxylic acids is 1. The topological polar surface area (TPSA) is 38.1 Å². The first-order chi connectivity index (χ1) is 12.1. The van der Waals surface area contributed by atoms with Crippen LogP contribution < -0.4 is 4.90 Å². The monoisotopic (exact) mass is 353 g/mol. The van der Waals surface area contributed by atoms with E-state index in [4.69, 9.17) is 0 Å². The zero-order valence-electron chi connectivity index (χ0n) is 13.6. The Morgan fingerprint density at radius 3 is 2.80 bits per heavy atom. The Morgan fingerprint density at radius 1 is 1.20 bits per heavy atom. The quantitative estimate of drug-likeness (QED) is 0.717. The summed E-state index contributed by atoms with van der Waals surface area (Å²) in [6.07, 6.45) is 3.55. The van der Waals surface area contributed by atoms with E-state index in [2.05, 4.69) is 5.10 Å². The molecule has 0 saturated heterocycles. The third-order valence-corrected chi connectivity index (χ3v) is 5.28. The summed E-state index contributed by atoms with van der Waals surface area (Å²) >= 11 is 1.52. The molecule has 0 saturated carbocycles. The molecule has 3 aromatic rings. The number of aryl methyl sites for hydroxylation is 1. The number of aromatic nitrogens is 2. The molecule has 0 radical (unpaired) electrons. The summed E-state index contributed by atoms with van der Waals surface area (Å²) in [7, 11) is 1.83. The van der Waals surface area contributed by atoms with Gasteiger partial charge in [-0.15, -0.1) is 11.8 Å². The summed E-state index contributed by atoms with van der Waals surface area (Å²) in [5.41, 5.74) is 2.99. The van der Waals surface area contributed by atoms with E-state index < -0.39 is 0 Å². The summed E-state index contributed by atoms with van der Waals surface area (Å²) < 4.78 is 16.3. The van der Waals surface area contributed by atoms with E-state index in [1.165, 1.54) is 17.8 Å². The molecule has 0 N–H and O–H groups in total. The first-order valence-electron chi connectivity index (χ1n) is 7.91. The zero-order chi connectivity index (χ0) is 17.4. The van der Waals surface area contributed by atoms with Crippen LogP contribution in [0.2, 0.25) is 0 Å². The number of amides is 1. The van der Waals surface area contributed by atoms with Crippen molar-refractivity contribution in [3.63, 3.8) is 0 Å². The van der Waals surface area contributed by atoms with E-state index in [1.807, 2.05) is 43.6 Å². The standard InChI is InChI=1S/C19H16FN3OS/c1-22-10-15(9-21-22)13-6-7-14(16(20)8-13)11-23-17-4-2-3-5-18(17)25-12-19(23)24/h2-10H,11-12H2,1H3. The Balaban J connectivity index is 1.64. The number of halogens is 1. The van der Waals surface area contributed by atoms with Gasteiger partial charge >= 0.3 is 0 Å². The second kappa shape index (κ2) is 6.37. The first-order valence-corrected chi connectivity index (χ1v) is 8.90. The molecule has 0 aliphatic carbocycles. The van der Waals surface area contributed by atoms with E-state index in [-0.39, 0.29) is 18.3 Å². The maximum absolute atomic E-state index is 14.6. The molecule has 2 heterocycles. The van der Waals surface area contributed by atoms with Crippen LogP contribution in [0.5, 0.6) is 0 Å². The van der Waals surface area contributed by atoms with Crippen LogP contribution in [0.25, 0.3) is 11.1 Å². The molecule has 1 aromatic heterocycles. The predicted molar refractivity (Wildman–Crippen MR) is 97.0 cm³/mol. The number of para-hydroxylation sites is 1. The number of hydrogen-bond donors (Lipinski definition) is 0. The Bertz CT molecular complexity index is 953. The molecule has 1 amide bonds. The molecule has 0 atom stereocenters. The lowest BCUT2D eigenvalue weighted by Gasteiger charge is -2.29. The lowest BCUT2D eigenvalue weighted by molar-refractivity contribution is -0.116. The van der Waals surface area contributed by atoms with Crippen LogP contribution in [0.15, 0.2) is 59.8 Å². The number of anilines is 1. The minimum atomic E-state index is -0.315. The minimum Gasteiger partial charge on any atom is -0.306 e. The van der Waals surface area contributed by atoms with Gasteiger partial charge in [-0.25, -0.2) is 4.39 Å². The highest BCUT2D eigenvalue weighted by Crippen LogP contribution is 2.36. The second-order valence-corrected chi connectivity index (χ2v) is 6.96. The van der Waals surface area contributed by atoms with Crippen molar-refractivity contribution in [1.82, 2.24) is 9.78 Å². The van der Waals surface area contributed by atoms with Crippen LogP contribution >= 0.6 is 11.8 Å². The summed E-state index contributed by atoms with van der Waals surface area (Å²) in [5.74, 6) is 0.0659. The molecule has 2 aromatic carbocycles. The van der Waals surface area contributed by atoms with Crippen molar-refractivity contribution in [2.24, 2.45) is 7.05 Å². The smallest absolute Gasteiger partial charge is 0.237 e. The van der Waals surface area contributed by atoms with Gasteiger partial charge in [0.15, 0.2) is 0 Å². The van der Waals surface area contributed by atoms with E-state index in [0.717, 1.165) is 21.7 Å². The molecule has 126 valence electrons. The van der Waals surface area contributed by atoms with E-state index in [9.17, 15) is 9.18 Å². The molecule has 0 bridgehead atoms. The van der Waals surface area contributed by atoms with Gasteiger partial charge in [-0.2, -0.15) is 5.10 Å². The molecule has 1 aliphatic heterocycles. The summed E-state index contributed by atoms with van der Waals surface area (Å²) in [5, 5.41) is 4.11. The van der Waals surface area contributed by atoms with E-state index in [1.54, 1.807) is 21.8 Å². The van der Waals surface area contributed by atoms with Crippen LogP contribution in [-0.4, -0.2) is 21.4 Å². The highest BCUT2D eigenvalue weighted by molar-refractivity contribution is 8.00. The van der Waals surface area contributed by atoms with Gasteiger partial charge in [0.1, 0.15) is 5.82 Å². The lowest BCUT2D eigenvalue weighted by atomic mass is 10.1. The number of thioether (sulfide) groups is 1. The fraction of sp³-hybridized carbons (Fsp3) is 0.158. The normalized spacial score (nSPS) is 13.8. The van der Waals surface area contributed by atoms with Gasteiger partial charge in [0.2, 0.25) is 5.91 Å². The Morgan fingerprint density at radius 2 is 2.04 bits per heavy atom. The maximum Gasteiger partial charge on any atom is 0.237 e. The number of rotatable bonds is 3. The van der Waals surface area contributed by atoms with Crippen molar-refractivity contribution in [1.29, 1.82) is 0 Å². The second-order valence-electron chi connectivity index (χ2n) is 5.95. The van der Waals surface area contributed by atoms with Crippen LogP contribution in [-0.2, 0) is 18.4 Å². The molecule has 0 unspecified atom stereocenters. The van der Waals surface area contributed by atoms with Gasteiger partial charge in [0, 0.05) is 29.3 Å². The largest absolute Gasteiger partial charge is 0.306 e. The maximum atomic E-state index is 14.6. The van der Waals surface area contributed by atoms with Crippen LogP contribution in [0.4, 0.5) is 10.1 Å². The van der Waals surface area contributed by atoms with Crippen molar-refractivity contribution in [2.75, 3.05) is 10.7 Å². The van der Waals surface area contributed by atoms with Gasteiger partial charge in [-0.3, -0.25) is 9.48 Å². The van der Waals surface area contributed by atoms with Crippen molar-refractivity contribution >= 4 is 23.4 Å². The van der Waals surface area contributed by atoms with Crippen LogP contribution in [0, 0.1) is 5.82 Å². The summed E-state index contributed by atoms with van der Waals surface area (Å²) in [4.78, 5) is 15.0. The van der Waals surface area contributed by atoms with Gasteiger partial charge in [0.05, 0.1) is 24.2 Å².